The summed E-state index contributed by atoms with van der Waals surface area (Å²) in [5.74, 6) is 1.11. The summed E-state index contributed by atoms with van der Waals surface area (Å²) < 4.78 is 5.32. The second-order valence-electron chi connectivity index (χ2n) is 4.59. The van der Waals surface area contributed by atoms with Crippen LogP contribution < -0.4 is 10.1 Å². The van der Waals surface area contributed by atoms with Crippen molar-refractivity contribution >= 4 is 11.5 Å². The van der Waals surface area contributed by atoms with Gasteiger partial charge < -0.3 is 10.1 Å². The SMILES string of the molecule is CCNc1cc([N+](=O)[O-])cc(-c2cc(C)ccc2OC)n1. The molecule has 6 nitrogen and oxygen atoms in total. The van der Waals surface area contributed by atoms with E-state index in [1.54, 1.807) is 7.11 Å². The number of benzene rings is 1. The van der Waals surface area contributed by atoms with E-state index < -0.39 is 4.92 Å². The molecule has 0 fully saturated rings. The molecule has 1 N–H and O–H groups in total. The van der Waals surface area contributed by atoms with Crippen molar-refractivity contribution in [3.8, 4) is 17.0 Å². The van der Waals surface area contributed by atoms with Crippen LogP contribution in [-0.2, 0) is 0 Å². The Morgan fingerprint density at radius 3 is 2.71 bits per heavy atom. The molecule has 0 bridgehead atoms. The molecule has 0 atom stereocenters. The standard InChI is InChI=1S/C15H17N3O3/c1-4-16-15-9-11(18(19)20)8-13(17-15)12-7-10(2)5-6-14(12)21-3/h5-9H,4H2,1-3H3,(H,16,17). The molecule has 110 valence electrons. The molecule has 0 aliphatic rings. The third-order valence-corrected chi connectivity index (χ3v) is 3.01. The summed E-state index contributed by atoms with van der Waals surface area (Å²) in [6, 6.07) is 8.54. The molecule has 1 aromatic heterocycles. The van der Waals surface area contributed by atoms with E-state index in [2.05, 4.69) is 10.3 Å². The van der Waals surface area contributed by atoms with Crippen LogP contribution in [0, 0.1) is 17.0 Å². The van der Waals surface area contributed by atoms with E-state index in [0.29, 0.717) is 23.8 Å². The van der Waals surface area contributed by atoms with Crippen molar-refractivity contribution < 1.29 is 9.66 Å². The van der Waals surface area contributed by atoms with Crippen LogP contribution in [0.3, 0.4) is 0 Å². The number of aryl methyl sites for hydroxylation is 1. The van der Waals surface area contributed by atoms with Crippen molar-refractivity contribution in [2.24, 2.45) is 0 Å². The summed E-state index contributed by atoms with van der Waals surface area (Å²) in [5.41, 5.74) is 2.28. The van der Waals surface area contributed by atoms with Gasteiger partial charge in [-0.25, -0.2) is 4.98 Å². The Morgan fingerprint density at radius 1 is 1.33 bits per heavy atom. The summed E-state index contributed by atoms with van der Waals surface area (Å²) in [7, 11) is 1.57. The number of ether oxygens (including phenoxy) is 1. The lowest BCUT2D eigenvalue weighted by Gasteiger charge is -2.11. The van der Waals surface area contributed by atoms with Crippen LogP contribution >= 0.6 is 0 Å². The first-order valence-corrected chi connectivity index (χ1v) is 6.60. The van der Waals surface area contributed by atoms with E-state index in [1.807, 2.05) is 32.0 Å². The summed E-state index contributed by atoms with van der Waals surface area (Å²) in [6.45, 7) is 4.50. The fourth-order valence-corrected chi connectivity index (χ4v) is 2.05. The highest BCUT2D eigenvalue weighted by Crippen LogP contribution is 2.32. The van der Waals surface area contributed by atoms with Crippen molar-refractivity contribution in [1.82, 2.24) is 4.98 Å². The second kappa shape index (κ2) is 6.21. The van der Waals surface area contributed by atoms with Gasteiger partial charge in [0.2, 0.25) is 0 Å². The minimum Gasteiger partial charge on any atom is -0.496 e. The van der Waals surface area contributed by atoms with Crippen molar-refractivity contribution in [1.29, 1.82) is 0 Å². The van der Waals surface area contributed by atoms with Crippen molar-refractivity contribution in [2.75, 3.05) is 19.0 Å². The number of pyridine rings is 1. The van der Waals surface area contributed by atoms with Gasteiger partial charge in [-0.15, -0.1) is 0 Å². The maximum atomic E-state index is 11.1. The van der Waals surface area contributed by atoms with E-state index in [1.165, 1.54) is 12.1 Å². The van der Waals surface area contributed by atoms with E-state index in [9.17, 15) is 10.1 Å². The normalized spacial score (nSPS) is 10.2. The van der Waals surface area contributed by atoms with E-state index in [-0.39, 0.29) is 5.69 Å². The van der Waals surface area contributed by atoms with Crippen LogP contribution in [0.1, 0.15) is 12.5 Å². The average molecular weight is 287 g/mol. The quantitative estimate of drug-likeness (QED) is 0.673. The Balaban J connectivity index is 2.62. The van der Waals surface area contributed by atoms with Crippen molar-refractivity contribution in [2.45, 2.75) is 13.8 Å². The first-order chi connectivity index (χ1) is 10.0. The minimum absolute atomic E-state index is 0.000454. The Kier molecular flexibility index (Phi) is 4.37. The molecule has 0 saturated heterocycles. The van der Waals surface area contributed by atoms with Gasteiger partial charge >= 0.3 is 0 Å². The second-order valence-corrected chi connectivity index (χ2v) is 4.59. The molecule has 2 aromatic rings. The zero-order chi connectivity index (χ0) is 15.4. The minimum atomic E-state index is -0.422. The van der Waals surface area contributed by atoms with E-state index in [0.717, 1.165) is 11.1 Å². The van der Waals surface area contributed by atoms with Gasteiger partial charge in [0.1, 0.15) is 11.6 Å². The maximum absolute atomic E-state index is 11.1. The predicted octanol–water partition coefficient (Wildman–Crippen LogP) is 3.41. The molecule has 0 amide bonds. The molecule has 1 aromatic carbocycles. The highest BCUT2D eigenvalue weighted by atomic mass is 16.6. The highest BCUT2D eigenvalue weighted by Gasteiger charge is 2.15. The number of anilines is 1. The molecular formula is C15H17N3O3. The molecule has 2 rings (SSSR count). The number of nitro groups is 1. The molecule has 21 heavy (non-hydrogen) atoms. The van der Waals surface area contributed by atoms with E-state index >= 15 is 0 Å². The number of nitrogens with one attached hydrogen (secondary N) is 1. The zero-order valence-corrected chi connectivity index (χ0v) is 12.2. The Labute approximate surface area is 122 Å². The number of methoxy groups -OCH3 is 1. The summed E-state index contributed by atoms with van der Waals surface area (Å²) >= 11 is 0. The lowest BCUT2D eigenvalue weighted by molar-refractivity contribution is -0.384. The van der Waals surface area contributed by atoms with Crippen LogP contribution in [0.5, 0.6) is 5.75 Å². The number of aromatic nitrogens is 1. The van der Waals surface area contributed by atoms with Crippen LogP contribution in [0.4, 0.5) is 11.5 Å². The van der Waals surface area contributed by atoms with Gasteiger partial charge in [0, 0.05) is 18.2 Å². The van der Waals surface area contributed by atoms with Gasteiger partial charge in [-0.2, -0.15) is 0 Å². The van der Waals surface area contributed by atoms with Crippen molar-refractivity contribution in [3.63, 3.8) is 0 Å². The Bertz CT molecular complexity index is 671. The fourth-order valence-electron chi connectivity index (χ4n) is 2.05. The molecule has 0 spiro atoms. The third-order valence-electron chi connectivity index (χ3n) is 3.01. The summed E-state index contributed by atoms with van der Waals surface area (Å²) in [5, 5.41) is 14.1. The topological polar surface area (TPSA) is 77.3 Å². The van der Waals surface area contributed by atoms with Gasteiger partial charge in [-0.1, -0.05) is 11.6 Å². The third kappa shape index (κ3) is 3.28. The zero-order valence-electron chi connectivity index (χ0n) is 12.2. The largest absolute Gasteiger partial charge is 0.496 e. The first kappa shape index (κ1) is 14.8. The Hall–Kier alpha value is -2.63. The van der Waals surface area contributed by atoms with Gasteiger partial charge in [0.05, 0.1) is 23.8 Å². The smallest absolute Gasteiger partial charge is 0.275 e. The highest BCUT2D eigenvalue weighted by molar-refractivity contribution is 5.71. The van der Waals surface area contributed by atoms with Crippen molar-refractivity contribution in [3.05, 3.63) is 46.0 Å². The summed E-state index contributed by atoms with van der Waals surface area (Å²) in [6.07, 6.45) is 0. The molecular weight excluding hydrogens is 270 g/mol. The molecule has 0 aliphatic carbocycles. The summed E-state index contributed by atoms with van der Waals surface area (Å²) in [4.78, 5) is 15.1. The van der Waals surface area contributed by atoms with Gasteiger partial charge in [-0.05, 0) is 26.0 Å². The van der Waals surface area contributed by atoms with Gasteiger partial charge in [0.25, 0.3) is 5.69 Å². The molecule has 0 aliphatic heterocycles. The molecule has 0 radical (unpaired) electrons. The fraction of sp³-hybridized carbons (Fsp3) is 0.267. The lowest BCUT2D eigenvalue weighted by atomic mass is 10.1. The number of nitrogens with zero attached hydrogens (tertiary/aromatic N) is 2. The van der Waals surface area contributed by atoms with Crippen LogP contribution in [0.2, 0.25) is 0 Å². The molecule has 0 saturated carbocycles. The number of hydrogen-bond acceptors (Lipinski definition) is 5. The van der Waals surface area contributed by atoms with Crippen LogP contribution in [0.15, 0.2) is 30.3 Å². The molecule has 1 heterocycles. The van der Waals surface area contributed by atoms with Gasteiger partial charge in [0.15, 0.2) is 0 Å². The molecule has 6 heteroatoms. The predicted molar refractivity (Wildman–Crippen MR) is 81.8 cm³/mol. The van der Waals surface area contributed by atoms with E-state index in [4.69, 9.17) is 4.74 Å². The number of hydrogen-bond donors (Lipinski definition) is 1. The average Bonchev–Trinajstić information content (AvgIpc) is 2.47. The first-order valence-electron chi connectivity index (χ1n) is 6.60. The monoisotopic (exact) mass is 287 g/mol. The lowest BCUT2D eigenvalue weighted by Crippen LogP contribution is -2.02. The van der Waals surface area contributed by atoms with Gasteiger partial charge in [-0.3, -0.25) is 10.1 Å². The number of rotatable bonds is 5. The molecule has 0 unspecified atom stereocenters. The van der Waals surface area contributed by atoms with Crippen LogP contribution in [0.25, 0.3) is 11.3 Å². The maximum Gasteiger partial charge on any atom is 0.275 e. The Morgan fingerprint density at radius 2 is 2.10 bits per heavy atom. The van der Waals surface area contributed by atoms with Crippen LogP contribution in [-0.4, -0.2) is 23.6 Å².